The maximum absolute atomic E-state index is 14.2. The fraction of sp³-hybridized carbons (Fsp3) is 0.350. The Bertz CT molecular complexity index is 1940. The van der Waals surface area contributed by atoms with Crippen LogP contribution >= 0.6 is 0 Å². The predicted octanol–water partition coefficient (Wildman–Crippen LogP) is 7.71. The van der Waals surface area contributed by atoms with Gasteiger partial charge >= 0.3 is 0 Å². The van der Waals surface area contributed by atoms with Gasteiger partial charge in [0.15, 0.2) is 11.6 Å². The molecule has 0 radical (unpaired) electrons. The number of hydrogen-bond acceptors (Lipinski definition) is 10. The summed E-state index contributed by atoms with van der Waals surface area (Å²) >= 11 is 0. The SMILES string of the molecule is CC(C)CC(CCOS(=O)(=O)c1ccccc1)Nc1ccc(NC(CCOS(=O)(=O)c2ccccc2)CC(C)C)c2c1C(=O)c1ccccc1C2=O. The van der Waals surface area contributed by atoms with E-state index in [2.05, 4.69) is 10.6 Å². The van der Waals surface area contributed by atoms with E-state index in [4.69, 9.17) is 8.37 Å². The summed E-state index contributed by atoms with van der Waals surface area (Å²) in [7, 11) is -7.91. The first-order valence-corrected chi connectivity index (χ1v) is 20.4. The van der Waals surface area contributed by atoms with Gasteiger partial charge in [-0.1, -0.05) is 88.4 Å². The lowest BCUT2D eigenvalue weighted by molar-refractivity contribution is 0.0980. The third-order valence-electron chi connectivity index (χ3n) is 8.78. The van der Waals surface area contributed by atoms with Crippen molar-refractivity contribution in [3.63, 3.8) is 0 Å². The first-order chi connectivity index (χ1) is 24.8. The Balaban J connectivity index is 1.42. The van der Waals surface area contributed by atoms with E-state index in [1.165, 1.54) is 24.3 Å². The molecule has 1 aliphatic carbocycles. The van der Waals surface area contributed by atoms with Crippen LogP contribution in [0.4, 0.5) is 11.4 Å². The first-order valence-electron chi connectivity index (χ1n) is 17.5. The summed E-state index contributed by atoms with van der Waals surface area (Å²) in [4.78, 5) is 28.6. The summed E-state index contributed by atoms with van der Waals surface area (Å²) in [5.74, 6) is -0.161. The van der Waals surface area contributed by atoms with Crippen molar-refractivity contribution in [3.05, 3.63) is 119 Å². The van der Waals surface area contributed by atoms with Crippen molar-refractivity contribution in [3.8, 4) is 0 Å². The van der Waals surface area contributed by atoms with Crippen molar-refractivity contribution in [2.75, 3.05) is 23.8 Å². The Morgan fingerprint density at radius 2 is 0.865 bits per heavy atom. The van der Waals surface area contributed by atoms with E-state index in [0.717, 1.165) is 0 Å². The van der Waals surface area contributed by atoms with Gasteiger partial charge in [0, 0.05) is 34.6 Å². The number of carbonyl (C=O) groups is 2. The highest BCUT2D eigenvalue weighted by atomic mass is 32.2. The number of nitrogens with one attached hydrogen (secondary N) is 2. The Morgan fingerprint density at radius 3 is 1.21 bits per heavy atom. The summed E-state index contributed by atoms with van der Waals surface area (Å²) in [5.41, 5.74) is 1.98. The molecule has 2 unspecified atom stereocenters. The minimum Gasteiger partial charge on any atom is -0.382 e. The minimum absolute atomic E-state index is 0.0726. The molecule has 2 atom stereocenters. The summed E-state index contributed by atoms with van der Waals surface area (Å²) in [6.45, 7) is 8.03. The van der Waals surface area contributed by atoms with Crippen LogP contribution in [0.2, 0.25) is 0 Å². The van der Waals surface area contributed by atoms with Gasteiger partial charge in [-0.3, -0.25) is 18.0 Å². The molecule has 276 valence electrons. The number of carbonyl (C=O) groups excluding carboxylic acids is 2. The Kier molecular flexibility index (Phi) is 12.7. The Morgan fingerprint density at radius 1 is 0.519 bits per heavy atom. The van der Waals surface area contributed by atoms with Crippen LogP contribution in [0.15, 0.2) is 107 Å². The molecule has 5 rings (SSSR count). The maximum atomic E-state index is 14.2. The maximum Gasteiger partial charge on any atom is 0.296 e. The second kappa shape index (κ2) is 17.0. The first kappa shape index (κ1) is 38.9. The lowest BCUT2D eigenvalue weighted by Gasteiger charge is -2.29. The molecule has 4 aromatic rings. The van der Waals surface area contributed by atoms with Crippen molar-refractivity contribution in [2.45, 2.75) is 75.3 Å². The molecular weight excluding hydrogens is 701 g/mol. The van der Waals surface area contributed by atoms with E-state index in [1.54, 1.807) is 72.8 Å². The van der Waals surface area contributed by atoms with Crippen LogP contribution in [0.25, 0.3) is 0 Å². The monoisotopic (exact) mass is 746 g/mol. The van der Waals surface area contributed by atoms with Gasteiger partial charge in [-0.2, -0.15) is 16.8 Å². The topological polar surface area (TPSA) is 145 Å². The average Bonchev–Trinajstić information content (AvgIpc) is 3.11. The van der Waals surface area contributed by atoms with E-state index in [-0.39, 0.29) is 69.6 Å². The molecule has 0 saturated carbocycles. The third-order valence-corrected chi connectivity index (χ3v) is 11.4. The number of rotatable bonds is 18. The van der Waals surface area contributed by atoms with Crippen LogP contribution in [0.5, 0.6) is 0 Å². The van der Waals surface area contributed by atoms with Gasteiger partial charge in [-0.05, 0) is 73.9 Å². The highest BCUT2D eigenvalue weighted by Crippen LogP contribution is 2.38. The summed E-state index contributed by atoms with van der Waals surface area (Å²) < 4.78 is 61.9. The number of hydrogen-bond donors (Lipinski definition) is 2. The van der Waals surface area contributed by atoms with Crippen LogP contribution in [0.1, 0.15) is 85.2 Å². The van der Waals surface area contributed by atoms with Crippen molar-refractivity contribution in [1.82, 2.24) is 0 Å². The van der Waals surface area contributed by atoms with Gasteiger partial charge < -0.3 is 10.6 Å². The number of anilines is 2. The number of fused-ring (bicyclic) bond motifs is 2. The van der Waals surface area contributed by atoms with Gasteiger partial charge in [0.25, 0.3) is 20.2 Å². The molecule has 0 amide bonds. The second-order valence-corrected chi connectivity index (χ2v) is 17.0. The zero-order chi connectivity index (χ0) is 37.5. The van der Waals surface area contributed by atoms with Crippen molar-refractivity contribution in [2.24, 2.45) is 11.8 Å². The molecule has 0 saturated heterocycles. The molecular formula is C40H46N2O8S2. The smallest absolute Gasteiger partial charge is 0.296 e. The van der Waals surface area contributed by atoms with Gasteiger partial charge in [-0.25, -0.2) is 0 Å². The molecule has 52 heavy (non-hydrogen) atoms. The predicted molar refractivity (Wildman–Crippen MR) is 202 cm³/mol. The number of benzene rings is 4. The summed E-state index contributed by atoms with van der Waals surface area (Å²) in [6.07, 6.45) is 1.93. The van der Waals surface area contributed by atoms with Crippen LogP contribution in [0.3, 0.4) is 0 Å². The zero-order valence-corrected chi connectivity index (χ0v) is 31.5. The molecule has 10 nitrogen and oxygen atoms in total. The van der Waals surface area contributed by atoms with E-state index in [9.17, 15) is 26.4 Å². The van der Waals surface area contributed by atoms with Crippen LogP contribution in [-0.2, 0) is 28.6 Å². The molecule has 2 N–H and O–H groups in total. The average molecular weight is 747 g/mol. The molecule has 1 aliphatic rings. The minimum atomic E-state index is -3.95. The summed E-state index contributed by atoms with van der Waals surface area (Å²) in [6, 6.07) is 25.6. The molecule has 0 fully saturated rings. The van der Waals surface area contributed by atoms with Crippen molar-refractivity contribution in [1.29, 1.82) is 0 Å². The normalized spacial score (nSPS) is 14.2. The van der Waals surface area contributed by atoms with E-state index in [1.807, 2.05) is 27.7 Å². The van der Waals surface area contributed by atoms with Crippen LogP contribution < -0.4 is 10.6 Å². The van der Waals surface area contributed by atoms with Gasteiger partial charge in [0.1, 0.15) is 0 Å². The fourth-order valence-corrected chi connectivity index (χ4v) is 8.33. The standard InChI is InChI=1S/C40H46N2O8S2/c1-27(2)25-29(21-23-49-51(45,46)31-13-7-5-8-14-31)41-35-19-20-36(38-37(35)39(43)33-17-11-12-18-34(33)40(38)44)42-30(26-28(3)4)22-24-50-52(47,48)32-15-9-6-10-16-32/h5-20,27-30,41-42H,21-26H2,1-4H3. The molecule has 0 aliphatic heterocycles. The number of ketones is 2. The highest BCUT2D eigenvalue weighted by molar-refractivity contribution is 7.87. The largest absolute Gasteiger partial charge is 0.382 e. The Labute approximate surface area is 307 Å². The van der Waals surface area contributed by atoms with Crippen molar-refractivity contribution < 1.29 is 34.8 Å². The van der Waals surface area contributed by atoms with Gasteiger partial charge in [0.2, 0.25) is 0 Å². The van der Waals surface area contributed by atoms with Crippen molar-refractivity contribution >= 4 is 43.2 Å². The van der Waals surface area contributed by atoms with Crippen LogP contribution in [0, 0.1) is 11.8 Å². The zero-order valence-electron chi connectivity index (χ0n) is 29.9. The second-order valence-electron chi connectivity index (χ2n) is 13.8. The van der Waals surface area contributed by atoms with Gasteiger partial charge in [-0.15, -0.1) is 0 Å². The van der Waals surface area contributed by atoms with Gasteiger partial charge in [0.05, 0.1) is 34.1 Å². The molecule has 0 aromatic heterocycles. The molecule has 0 spiro atoms. The lowest BCUT2D eigenvalue weighted by atomic mass is 9.81. The highest BCUT2D eigenvalue weighted by Gasteiger charge is 2.35. The van der Waals surface area contributed by atoms with E-state index >= 15 is 0 Å². The third kappa shape index (κ3) is 9.54. The van der Waals surface area contributed by atoms with Crippen LogP contribution in [-0.4, -0.2) is 53.7 Å². The fourth-order valence-electron chi connectivity index (χ4n) is 6.45. The molecule has 0 heterocycles. The Hall–Kier alpha value is -4.36. The quantitative estimate of drug-likeness (QED) is 0.0856. The lowest BCUT2D eigenvalue weighted by Crippen LogP contribution is -2.30. The van der Waals surface area contributed by atoms with E-state index < -0.39 is 20.2 Å². The molecule has 12 heteroatoms. The van der Waals surface area contributed by atoms with E-state index in [0.29, 0.717) is 48.2 Å². The molecule has 0 bridgehead atoms. The molecule has 4 aromatic carbocycles. The summed E-state index contributed by atoms with van der Waals surface area (Å²) in [5, 5.41) is 6.93.